The lowest BCUT2D eigenvalue weighted by molar-refractivity contribution is -0.117. The SMILES string of the molecule is CCCN(CC(=O)Nc1sc2c(c1C(N)=O)CCCC2)Cc1nnc(-c2cccs2)o1. The van der Waals surface area contributed by atoms with Gasteiger partial charge in [-0.1, -0.05) is 13.0 Å². The molecule has 0 radical (unpaired) electrons. The maximum absolute atomic E-state index is 12.8. The Morgan fingerprint density at radius 2 is 2.13 bits per heavy atom. The lowest BCUT2D eigenvalue weighted by Gasteiger charge is -2.19. The minimum absolute atomic E-state index is 0.158. The Bertz CT molecular complexity index is 1060. The average Bonchev–Trinajstić information content (AvgIpc) is 3.47. The third kappa shape index (κ3) is 5.03. The molecule has 3 aromatic rings. The maximum atomic E-state index is 12.8. The molecule has 0 saturated heterocycles. The van der Waals surface area contributed by atoms with Crippen LogP contribution in [0, 0.1) is 0 Å². The van der Waals surface area contributed by atoms with Crippen molar-refractivity contribution in [3.63, 3.8) is 0 Å². The number of carbonyl (C=O) groups is 2. The van der Waals surface area contributed by atoms with E-state index in [1.165, 1.54) is 22.7 Å². The number of thiophene rings is 2. The van der Waals surface area contributed by atoms with Crippen molar-refractivity contribution in [3.05, 3.63) is 39.4 Å². The lowest BCUT2D eigenvalue weighted by atomic mass is 9.95. The summed E-state index contributed by atoms with van der Waals surface area (Å²) < 4.78 is 5.77. The van der Waals surface area contributed by atoms with Gasteiger partial charge in [0, 0.05) is 4.88 Å². The van der Waals surface area contributed by atoms with Crippen molar-refractivity contribution in [1.82, 2.24) is 15.1 Å². The van der Waals surface area contributed by atoms with E-state index in [0.29, 0.717) is 35.4 Å². The number of primary amides is 1. The van der Waals surface area contributed by atoms with Crippen molar-refractivity contribution in [2.24, 2.45) is 5.73 Å². The number of amides is 2. The second-order valence-electron chi connectivity index (χ2n) is 7.52. The van der Waals surface area contributed by atoms with E-state index in [1.807, 2.05) is 29.3 Å². The van der Waals surface area contributed by atoms with Gasteiger partial charge in [-0.3, -0.25) is 14.5 Å². The van der Waals surface area contributed by atoms with Gasteiger partial charge in [0.05, 0.1) is 23.5 Å². The number of aromatic nitrogens is 2. The summed E-state index contributed by atoms with van der Waals surface area (Å²) in [5, 5.41) is 13.7. The molecule has 1 aliphatic rings. The molecule has 0 bridgehead atoms. The Hall–Kier alpha value is -2.56. The largest absolute Gasteiger partial charge is 0.419 e. The van der Waals surface area contributed by atoms with Crippen LogP contribution in [0.5, 0.6) is 0 Å². The van der Waals surface area contributed by atoms with Gasteiger partial charge in [-0.05, 0) is 55.7 Å². The summed E-state index contributed by atoms with van der Waals surface area (Å²) in [7, 11) is 0. The highest BCUT2D eigenvalue weighted by molar-refractivity contribution is 7.17. The fourth-order valence-corrected chi connectivity index (χ4v) is 5.78. The number of hydrogen-bond acceptors (Lipinski definition) is 8. The third-order valence-electron chi connectivity index (χ3n) is 5.14. The van der Waals surface area contributed by atoms with Gasteiger partial charge in [-0.2, -0.15) is 0 Å². The van der Waals surface area contributed by atoms with E-state index in [-0.39, 0.29) is 12.5 Å². The van der Waals surface area contributed by atoms with Crippen LogP contribution >= 0.6 is 22.7 Å². The van der Waals surface area contributed by atoms with Gasteiger partial charge in [0.15, 0.2) is 0 Å². The van der Waals surface area contributed by atoms with Crippen molar-refractivity contribution in [2.75, 3.05) is 18.4 Å². The minimum Gasteiger partial charge on any atom is -0.419 e. The van der Waals surface area contributed by atoms with Gasteiger partial charge in [0.2, 0.25) is 11.8 Å². The summed E-state index contributed by atoms with van der Waals surface area (Å²) in [4.78, 5) is 28.9. The molecule has 0 atom stereocenters. The first-order valence-electron chi connectivity index (χ1n) is 10.4. The predicted octanol–water partition coefficient (Wildman–Crippen LogP) is 3.69. The summed E-state index contributed by atoms with van der Waals surface area (Å²) in [6.45, 7) is 3.29. The van der Waals surface area contributed by atoms with Crippen molar-refractivity contribution < 1.29 is 14.0 Å². The molecule has 0 saturated carbocycles. The zero-order valence-electron chi connectivity index (χ0n) is 17.3. The first kappa shape index (κ1) is 21.7. The molecule has 0 aromatic carbocycles. The van der Waals surface area contributed by atoms with Crippen LogP contribution in [0.15, 0.2) is 21.9 Å². The normalized spacial score (nSPS) is 13.4. The molecule has 0 fully saturated rings. The fourth-order valence-electron chi connectivity index (χ4n) is 3.82. The molecule has 3 aromatic heterocycles. The fraction of sp³-hybridized carbons (Fsp3) is 0.429. The number of nitrogens with zero attached hydrogens (tertiary/aromatic N) is 3. The number of hydrogen-bond donors (Lipinski definition) is 2. The summed E-state index contributed by atoms with van der Waals surface area (Å²) in [5.74, 6) is 0.287. The molecule has 0 spiro atoms. The van der Waals surface area contributed by atoms with Crippen molar-refractivity contribution >= 4 is 39.5 Å². The van der Waals surface area contributed by atoms with Crippen LogP contribution in [-0.4, -0.2) is 40.0 Å². The third-order valence-corrected chi connectivity index (χ3v) is 7.20. The predicted molar refractivity (Wildman–Crippen MR) is 121 cm³/mol. The number of fused-ring (bicyclic) bond motifs is 1. The topological polar surface area (TPSA) is 114 Å². The van der Waals surface area contributed by atoms with E-state index in [1.54, 1.807) is 0 Å². The van der Waals surface area contributed by atoms with Crippen molar-refractivity contribution in [1.29, 1.82) is 0 Å². The highest BCUT2D eigenvalue weighted by atomic mass is 32.1. The standard InChI is InChI=1S/C21H25N5O3S2/c1-2-9-26(12-17-24-25-20(29-17)15-8-5-10-30-15)11-16(27)23-21-18(19(22)28)13-6-3-4-7-14(13)31-21/h5,8,10H,2-4,6-7,9,11-12H2,1H3,(H2,22,28)(H,23,27). The van der Waals surface area contributed by atoms with Gasteiger partial charge in [-0.15, -0.1) is 32.9 Å². The van der Waals surface area contributed by atoms with E-state index in [2.05, 4.69) is 15.5 Å². The second-order valence-corrected chi connectivity index (χ2v) is 9.57. The van der Waals surface area contributed by atoms with E-state index < -0.39 is 5.91 Å². The molecule has 0 unspecified atom stereocenters. The van der Waals surface area contributed by atoms with Crippen LogP contribution in [0.25, 0.3) is 10.8 Å². The van der Waals surface area contributed by atoms with Crippen LogP contribution in [0.2, 0.25) is 0 Å². The van der Waals surface area contributed by atoms with Gasteiger partial charge < -0.3 is 15.5 Å². The zero-order chi connectivity index (χ0) is 21.8. The maximum Gasteiger partial charge on any atom is 0.257 e. The molecule has 3 N–H and O–H groups in total. The summed E-state index contributed by atoms with van der Waals surface area (Å²) >= 11 is 3.01. The monoisotopic (exact) mass is 459 g/mol. The minimum atomic E-state index is -0.480. The Balaban J connectivity index is 1.44. The quantitative estimate of drug-likeness (QED) is 0.504. The van der Waals surface area contributed by atoms with Gasteiger partial charge in [-0.25, -0.2) is 0 Å². The second kappa shape index (κ2) is 9.71. The number of carbonyl (C=O) groups excluding carboxylic acids is 2. The number of nitrogens with two attached hydrogens (primary N) is 1. The lowest BCUT2D eigenvalue weighted by Crippen LogP contribution is -2.33. The van der Waals surface area contributed by atoms with Crippen LogP contribution in [0.3, 0.4) is 0 Å². The first-order valence-corrected chi connectivity index (χ1v) is 12.1. The molecule has 31 heavy (non-hydrogen) atoms. The van der Waals surface area contributed by atoms with Crippen molar-refractivity contribution in [3.8, 4) is 10.8 Å². The Kier molecular flexibility index (Phi) is 6.79. The molecule has 10 heteroatoms. The summed E-state index contributed by atoms with van der Waals surface area (Å²) in [5.41, 5.74) is 7.12. The van der Waals surface area contributed by atoms with Crippen LogP contribution in [0.4, 0.5) is 5.00 Å². The summed E-state index contributed by atoms with van der Waals surface area (Å²) in [6, 6.07) is 3.86. The van der Waals surface area contributed by atoms with Crippen LogP contribution < -0.4 is 11.1 Å². The molecular formula is C21H25N5O3S2. The number of nitrogens with one attached hydrogen (secondary N) is 1. The molecular weight excluding hydrogens is 434 g/mol. The molecule has 8 nitrogen and oxygen atoms in total. The zero-order valence-corrected chi connectivity index (χ0v) is 19.0. The highest BCUT2D eigenvalue weighted by Crippen LogP contribution is 2.37. The molecule has 4 rings (SSSR count). The van der Waals surface area contributed by atoms with Gasteiger partial charge in [0.1, 0.15) is 5.00 Å². The molecule has 2 amide bonds. The van der Waals surface area contributed by atoms with Crippen molar-refractivity contribution in [2.45, 2.75) is 45.6 Å². The van der Waals surface area contributed by atoms with E-state index in [0.717, 1.165) is 47.4 Å². The Morgan fingerprint density at radius 1 is 1.29 bits per heavy atom. The van der Waals surface area contributed by atoms with E-state index in [4.69, 9.17) is 10.2 Å². The van der Waals surface area contributed by atoms with E-state index in [9.17, 15) is 9.59 Å². The molecule has 3 heterocycles. The first-order chi connectivity index (χ1) is 15.0. The summed E-state index contributed by atoms with van der Waals surface area (Å²) in [6.07, 6.45) is 4.78. The Morgan fingerprint density at radius 3 is 2.87 bits per heavy atom. The average molecular weight is 460 g/mol. The molecule has 164 valence electrons. The highest BCUT2D eigenvalue weighted by Gasteiger charge is 2.25. The van der Waals surface area contributed by atoms with Crippen LogP contribution in [0.1, 0.15) is 52.9 Å². The molecule has 1 aliphatic carbocycles. The number of anilines is 1. The molecule has 0 aliphatic heterocycles. The number of aryl methyl sites for hydroxylation is 1. The van der Waals surface area contributed by atoms with Gasteiger partial charge in [0.25, 0.3) is 11.8 Å². The Labute approximate surface area is 188 Å². The van der Waals surface area contributed by atoms with Crippen LogP contribution in [-0.2, 0) is 24.2 Å². The number of rotatable bonds is 9. The van der Waals surface area contributed by atoms with Gasteiger partial charge >= 0.3 is 0 Å². The van der Waals surface area contributed by atoms with E-state index >= 15 is 0 Å². The smallest absolute Gasteiger partial charge is 0.257 e.